The summed E-state index contributed by atoms with van der Waals surface area (Å²) in [6.45, 7) is 0.0617. The third kappa shape index (κ3) is 3.67. The van der Waals surface area contributed by atoms with E-state index in [1.165, 1.54) is 12.0 Å². The van der Waals surface area contributed by atoms with Gasteiger partial charge >= 0.3 is 5.97 Å². The van der Waals surface area contributed by atoms with E-state index < -0.39 is 11.9 Å². The van der Waals surface area contributed by atoms with Crippen LogP contribution in [0.3, 0.4) is 0 Å². The fourth-order valence-electron chi connectivity index (χ4n) is 3.32. The zero-order valence-corrected chi connectivity index (χ0v) is 15.6. The summed E-state index contributed by atoms with van der Waals surface area (Å²) in [5.74, 6) is -3.43. The van der Waals surface area contributed by atoms with Crippen molar-refractivity contribution in [1.29, 1.82) is 0 Å². The number of benzene rings is 2. The first-order valence-corrected chi connectivity index (χ1v) is 9.09. The van der Waals surface area contributed by atoms with Crippen LogP contribution in [0.15, 0.2) is 42.5 Å². The van der Waals surface area contributed by atoms with E-state index in [0.717, 1.165) is 0 Å². The molecule has 0 bridgehead atoms. The number of likely N-dealkylation sites (tertiary alicyclic amines) is 1. The number of hydrogen-bond donors (Lipinski definition) is 0. The Morgan fingerprint density at radius 3 is 2.34 bits per heavy atom. The molecule has 1 fully saturated rings. The van der Waals surface area contributed by atoms with Gasteiger partial charge in [-0.05, 0) is 42.5 Å². The van der Waals surface area contributed by atoms with Gasteiger partial charge in [-0.2, -0.15) is 0 Å². The number of nitrogens with zero attached hydrogens (tertiary/aromatic N) is 4. The molecule has 4 rings (SSSR count). The number of fused-ring (bicyclic) bond motifs is 1. The lowest BCUT2D eigenvalue weighted by molar-refractivity contribution is -0.0494. The molecule has 150 valence electrons. The molecule has 1 amide bonds. The second kappa shape index (κ2) is 7.23. The minimum atomic E-state index is -2.70. The number of hydrogen-bond acceptors (Lipinski definition) is 5. The van der Waals surface area contributed by atoms with Crippen LogP contribution in [0.1, 0.15) is 33.6 Å². The van der Waals surface area contributed by atoms with Gasteiger partial charge < -0.3 is 9.64 Å². The summed E-state index contributed by atoms with van der Waals surface area (Å²) in [5.41, 5.74) is 2.68. The van der Waals surface area contributed by atoms with Crippen LogP contribution < -0.4 is 0 Å². The van der Waals surface area contributed by atoms with Crippen molar-refractivity contribution in [3.63, 3.8) is 0 Å². The summed E-state index contributed by atoms with van der Waals surface area (Å²) in [6.07, 6.45) is -0.641. The topological polar surface area (TPSA) is 77.3 Å². The summed E-state index contributed by atoms with van der Waals surface area (Å²) >= 11 is 0. The average Bonchev–Trinajstić information content (AvgIpc) is 3.16. The Hall–Kier alpha value is -3.36. The standard InChI is InChI=1S/C20H18F2N4O3/c1-29-19(28)13-2-5-15(6-3-13)26-17-7-4-14(12-16(17)23-24-26)18(27)25-10-8-20(21,22)9-11-25/h2-7,12H,8-11H2,1H3. The molecule has 2 aromatic carbocycles. The third-order valence-corrected chi connectivity index (χ3v) is 5.01. The molecule has 3 aromatic rings. The van der Waals surface area contributed by atoms with Gasteiger partial charge in [-0.25, -0.2) is 18.3 Å². The summed E-state index contributed by atoms with van der Waals surface area (Å²) < 4.78 is 32.9. The van der Waals surface area contributed by atoms with Gasteiger partial charge in [0.25, 0.3) is 11.8 Å². The normalized spacial score (nSPS) is 16.0. The molecule has 2 heterocycles. The van der Waals surface area contributed by atoms with Gasteiger partial charge in [0.2, 0.25) is 0 Å². The molecule has 9 heteroatoms. The minimum Gasteiger partial charge on any atom is -0.465 e. The van der Waals surface area contributed by atoms with E-state index in [1.54, 1.807) is 47.1 Å². The maximum absolute atomic E-state index is 13.3. The number of alkyl halides is 2. The third-order valence-electron chi connectivity index (χ3n) is 5.01. The molecule has 7 nitrogen and oxygen atoms in total. The molecule has 0 atom stereocenters. The Kier molecular flexibility index (Phi) is 4.73. The maximum atomic E-state index is 13.3. The summed E-state index contributed by atoms with van der Waals surface area (Å²) in [5, 5.41) is 8.23. The van der Waals surface area contributed by atoms with Crippen LogP contribution in [-0.4, -0.2) is 57.9 Å². The predicted molar refractivity (Wildman–Crippen MR) is 100 cm³/mol. The molecule has 0 aliphatic carbocycles. The highest BCUT2D eigenvalue weighted by atomic mass is 19.3. The predicted octanol–water partition coefficient (Wildman–Crippen LogP) is 3.08. The highest BCUT2D eigenvalue weighted by molar-refractivity contribution is 5.97. The molecule has 1 saturated heterocycles. The maximum Gasteiger partial charge on any atom is 0.337 e. The number of amides is 1. The molecule has 0 N–H and O–H groups in total. The molecular formula is C20H18F2N4O3. The molecule has 0 unspecified atom stereocenters. The van der Waals surface area contributed by atoms with Gasteiger partial charge in [0.15, 0.2) is 0 Å². The first-order valence-electron chi connectivity index (χ1n) is 9.09. The second-order valence-corrected chi connectivity index (χ2v) is 6.89. The molecule has 1 aromatic heterocycles. The number of carbonyl (C=O) groups excluding carboxylic acids is 2. The van der Waals surface area contributed by atoms with Crippen molar-refractivity contribution in [2.45, 2.75) is 18.8 Å². The van der Waals surface area contributed by atoms with E-state index in [1.807, 2.05) is 0 Å². The van der Waals surface area contributed by atoms with E-state index in [2.05, 4.69) is 15.0 Å². The molecule has 29 heavy (non-hydrogen) atoms. The van der Waals surface area contributed by atoms with E-state index in [4.69, 9.17) is 0 Å². The smallest absolute Gasteiger partial charge is 0.337 e. The Labute approximate surface area is 164 Å². The summed E-state index contributed by atoms with van der Waals surface area (Å²) in [6, 6.07) is 11.6. The fourth-order valence-corrected chi connectivity index (χ4v) is 3.32. The van der Waals surface area contributed by atoms with Crippen LogP contribution >= 0.6 is 0 Å². The molecular weight excluding hydrogens is 382 g/mol. The Bertz CT molecular complexity index is 1070. The Morgan fingerprint density at radius 1 is 1.03 bits per heavy atom. The Morgan fingerprint density at radius 2 is 1.69 bits per heavy atom. The first kappa shape index (κ1) is 19.0. The molecule has 0 spiro atoms. The first-order chi connectivity index (χ1) is 13.9. The van der Waals surface area contributed by atoms with Crippen molar-refractivity contribution in [3.8, 4) is 5.69 Å². The van der Waals surface area contributed by atoms with Gasteiger partial charge in [-0.15, -0.1) is 5.10 Å². The van der Waals surface area contributed by atoms with E-state index >= 15 is 0 Å². The van der Waals surface area contributed by atoms with Crippen LogP contribution in [0.4, 0.5) is 8.78 Å². The van der Waals surface area contributed by atoms with Gasteiger partial charge in [0.05, 0.1) is 23.9 Å². The molecule has 1 aliphatic rings. The molecule has 0 radical (unpaired) electrons. The lowest BCUT2D eigenvalue weighted by Gasteiger charge is -2.31. The summed E-state index contributed by atoms with van der Waals surface area (Å²) in [4.78, 5) is 25.6. The van der Waals surface area contributed by atoms with Gasteiger partial charge in [0.1, 0.15) is 5.52 Å². The number of methoxy groups -OCH3 is 1. The number of esters is 1. The number of carbonyl (C=O) groups is 2. The second-order valence-electron chi connectivity index (χ2n) is 6.89. The van der Waals surface area contributed by atoms with Crippen LogP contribution in [0.2, 0.25) is 0 Å². The quantitative estimate of drug-likeness (QED) is 0.632. The average molecular weight is 400 g/mol. The lowest BCUT2D eigenvalue weighted by Crippen LogP contribution is -2.42. The van der Waals surface area contributed by atoms with E-state index in [9.17, 15) is 18.4 Å². The van der Waals surface area contributed by atoms with E-state index in [-0.39, 0.29) is 31.8 Å². The van der Waals surface area contributed by atoms with Crippen molar-refractivity contribution < 1.29 is 23.1 Å². The van der Waals surface area contributed by atoms with Crippen LogP contribution in [0.25, 0.3) is 16.7 Å². The molecule has 1 aliphatic heterocycles. The largest absolute Gasteiger partial charge is 0.465 e. The number of aromatic nitrogens is 3. The van der Waals surface area contributed by atoms with Crippen molar-refractivity contribution in [1.82, 2.24) is 19.9 Å². The number of ether oxygens (including phenoxy) is 1. The monoisotopic (exact) mass is 400 g/mol. The zero-order valence-electron chi connectivity index (χ0n) is 15.6. The lowest BCUT2D eigenvalue weighted by atomic mass is 10.1. The van der Waals surface area contributed by atoms with Crippen LogP contribution in [0, 0.1) is 0 Å². The zero-order chi connectivity index (χ0) is 20.6. The number of halogens is 2. The highest BCUT2D eigenvalue weighted by Crippen LogP contribution is 2.28. The van der Waals surface area contributed by atoms with Crippen molar-refractivity contribution in [2.75, 3.05) is 20.2 Å². The van der Waals surface area contributed by atoms with Gasteiger partial charge in [-0.3, -0.25) is 4.79 Å². The minimum absolute atomic E-state index is 0.0309. The molecule has 0 saturated carbocycles. The Balaban J connectivity index is 1.58. The number of rotatable bonds is 3. The van der Waals surface area contributed by atoms with Gasteiger partial charge in [-0.1, -0.05) is 5.21 Å². The van der Waals surface area contributed by atoms with E-state index in [0.29, 0.717) is 27.8 Å². The van der Waals surface area contributed by atoms with Crippen molar-refractivity contribution in [3.05, 3.63) is 53.6 Å². The van der Waals surface area contributed by atoms with Gasteiger partial charge in [0, 0.05) is 31.5 Å². The van der Waals surface area contributed by atoms with Crippen LogP contribution in [0.5, 0.6) is 0 Å². The highest BCUT2D eigenvalue weighted by Gasteiger charge is 2.35. The fraction of sp³-hybridized carbons (Fsp3) is 0.300. The van der Waals surface area contributed by atoms with Crippen molar-refractivity contribution in [2.24, 2.45) is 0 Å². The summed E-state index contributed by atoms with van der Waals surface area (Å²) in [7, 11) is 1.31. The number of piperidine rings is 1. The van der Waals surface area contributed by atoms with Crippen LogP contribution in [-0.2, 0) is 4.74 Å². The van der Waals surface area contributed by atoms with Crippen molar-refractivity contribution >= 4 is 22.9 Å². The SMILES string of the molecule is COC(=O)c1ccc(-n2nnc3cc(C(=O)N4CCC(F)(F)CC4)ccc32)cc1.